The van der Waals surface area contributed by atoms with Gasteiger partial charge < -0.3 is 4.90 Å². The SMILES string of the molecule is CC(=O)N1CCN(S(=O)(=O)c2ccc(C(=O)NNc3cccc(C(F)(F)F)c3)cc2)CC1. The number of alkyl halides is 3. The zero-order chi connectivity index (χ0) is 23.5. The van der Waals surface area contributed by atoms with Gasteiger partial charge in [0.15, 0.2) is 0 Å². The van der Waals surface area contributed by atoms with Crippen molar-refractivity contribution in [1.82, 2.24) is 14.6 Å². The van der Waals surface area contributed by atoms with Gasteiger partial charge in [0.2, 0.25) is 15.9 Å². The van der Waals surface area contributed by atoms with E-state index >= 15 is 0 Å². The summed E-state index contributed by atoms with van der Waals surface area (Å²) < 4.78 is 65.2. The lowest BCUT2D eigenvalue weighted by Crippen LogP contribution is -2.49. The molecule has 0 spiro atoms. The van der Waals surface area contributed by atoms with Crippen LogP contribution in [-0.2, 0) is 21.0 Å². The number of hydrogen-bond acceptors (Lipinski definition) is 5. The van der Waals surface area contributed by atoms with Crippen LogP contribution in [0, 0.1) is 0 Å². The van der Waals surface area contributed by atoms with Crippen molar-refractivity contribution in [3.63, 3.8) is 0 Å². The highest BCUT2D eigenvalue weighted by Gasteiger charge is 2.31. The molecule has 2 aromatic rings. The molecule has 3 rings (SSSR count). The molecule has 1 fully saturated rings. The number of anilines is 1. The molecule has 1 aliphatic heterocycles. The van der Waals surface area contributed by atoms with Gasteiger partial charge in [-0.05, 0) is 42.5 Å². The van der Waals surface area contributed by atoms with Crippen molar-refractivity contribution in [2.75, 3.05) is 31.6 Å². The van der Waals surface area contributed by atoms with Crippen LogP contribution in [0.25, 0.3) is 0 Å². The first kappa shape index (κ1) is 23.5. The van der Waals surface area contributed by atoms with Crippen LogP contribution >= 0.6 is 0 Å². The van der Waals surface area contributed by atoms with Crippen molar-refractivity contribution in [1.29, 1.82) is 0 Å². The molecule has 2 aromatic carbocycles. The number of benzene rings is 2. The van der Waals surface area contributed by atoms with Gasteiger partial charge in [-0.3, -0.25) is 20.4 Å². The monoisotopic (exact) mass is 470 g/mol. The number of carbonyl (C=O) groups excluding carboxylic acids is 2. The fourth-order valence-electron chi connectivity index (χ4n) is 3.15. The summed E-state index contributed by atoms with van der Waals surface area (Å²) >= 11 is 0. The number of amides is 2. The van der Waals surface area contributed by atoms with E-state index in [1.165, 1.54) is 47.6 Å². The molecule has 0 aliphatic carbocycles. The standard InChI is InChI=1S/C20H21F3N4O4S/c1-14(28)26-9-11-27(12-10-26)32(30,31)18-7-5-15(6-8-18)19(29)25-24-17-4-2-3-16(13-17)20(21,22)23/h2-8,13,24H,9-12H2,1H3,(H,25,29). The highest BCUT2D eigenvalue weighted by Crippen LogP contribution is 2.30. The van der Waals surface area contributed by atoms with Gasteiger partial charge in [0.05, 0.1) is 16.1 Å². The molecule has 8 nitrogen and oxygen atoms in total. The first-order valence-electron chi connectivity index (χ1n) is 9.58. The second-order valence-corrected chi connectivity index (χ2v) is 9.03. The second kappa shape index (κ2) is 9.17. The van der Waals surface area contributed by atoms with E-state index in [0.29, 0.717) is 13.1 Å². The quantitative estimate of drug-likeness (QED) is 0.654. The van der Waals surface area contributed by atoms with E-state index in [0.717, 1.165) is 12.1 Å². The van der Waals surface area contributed by atoms with Crippen LogP contribution in [0.15, 0.2) is 53.4 Å². The highest BCUT2D eigenvalue weighted by atomic mass is 32.2. The van der Waals surface area contributed by atoms with Crippen LogP contribution in [0.3, 0.4) is 0 Å². The lowest BCUT2D eigenvalue weighted by Gasteiger charge is -2.33. The summed E-state index contributed by atoms with van der Waals surface area (Å²) in [6.45, 7) is 2.37. The Kier molecular flexibility index (Phi) is 6.74. The Morgan fingerprint density at radius 2 is 1.59 bits per heavy atom. The van der Waals surface area contributed by atoms with Crippen molar-refractivity contribution in [3.8, 4) is 0 Å². The zero-order valence-corrected chi connectivity index (χ0v) is 17.8. The van der Waals surface area contributed by atoms with Gasteiger partial charge in [-0.25, -0.2) is 8.42 Å². The predicted octanol–water partition coefficient (Wildman–Crippen LogP) is 2.32. The maximum absolute atomic E-state index is 12.8. The molecule has 12 heteroatoms. The third-order valence-electron chi connectivity index (χ3n) is 4.95. The number of sulfonamides is 1. The molecule has 0 aromatic heterocycles. The largest absolute Gasteiger partial charge is 0.416 e. The normalized spacial score (nSPS) is 15.3. The van der Waals surface area contributed by atoms with Crippen molar-refractivity contribution < 1.29 is 31.2 Å². The van der Waals surface area contributed by atoms with Gasteiger partial charge in [-0.15, -0.1) is 0 Å². The van der Waals surface area contributed by atoms with Crippen LogP contribution in [-0.4, -0.2) is 55.6 Å². The third-order valence-corrected chi connectivity index (χ3v) is 6.86. The van der Waals surface area contributed by atoms with Gasteiger partial charge >= 0.3 is 6.18 Å². The molecule has 0 bridgehead atoms. The molecule has 0 saturated carbocycles. The Hall–Kier alpha value is -3.12. The van der Waals surface area contributed by atoms with Crippen LogP contribution in [0.2, 0.25) is 0 Å². The van der Waals surface area contributed by atoms with E-state index in [9.17, 15) is 31.2 Å². The van der Waals surface area contributed by atoms with Gasteiger partial charge in [-0.1, -0.05) is 6.07 Å². The molecule has 0 unspecified atom stereocenters. The lowest BCUT2D eigenvalue weighted by molar-refractivity contribution is -0.137. The minimum absolute atomic E-state index is 0.00355. The summed E-state index contributed by atoms with van der Waals surface area (Å²) in [5.41, 5.74) is 3.97. The number of nitrogens with zero attached hydrogens (tertiary/aromatic N) is 2. The summed E-state index contributed by atoms with van der Waals surface area (Å²) in [7, 11) is -3.79. The maximum Gasteiger partial charge on any atom is 0.416 e. The van der Waals surface area contributed by atoms with E-state index in [1.807, 2.05) is 0 Å². The Labute approximate surface area is 183 Å². The molecule has 1 saturated heterocycles. The minimum atomic E-state index is -4.51. The first-order chi connectivity index (χ1) is 15.0. The van der Waals surface area contributed by atoms with Crippen LogP contribution in [0.1, 0.15) is 22.8 Å². The number of halogens is 3. The Morgan fingerprint density at radius 1 is 0.969 bits per heavy atom. The average Bonchev–Trinajstić information content (AvgIpc) is 2.77. The summed E-state index contributed by atoms with van der Waals surface area (Å²) in [6.07, 6.45) is -4.51. The molecule has 0 atom stereocenters. The van der Waals surface area contributed by atoms with E-state index in [4.69, 9.17) is 0 Å². The molecular formula is C20H21F3N4O4S. The second-order valence-electron chi connectivity index (χ2n) is 7.09. The fraction of sp³-hybridized carbons (Fsp3) is 0.300. The lowest BCUT2D eigenvalue weighted by atomic mass is 10.2. The summed E-state index contributed by atoms with van der Waals surface area (Å²) in [6, 6.07) is 9.50. The highest BCUT2D eigenvalue weighted by molar-refractivity contribution is 7.89. The Balaban J connectivity index is 1.63. The number of hydrazine groups is 1. The number of hydrogen-bond donors (Lipinski definition) is 2. The van der Waals surface area contributed by atoms with E-state index in [2.05, 4.69) is 10.9 Å². The first-order valence-corrected chi connectivity index (χ1v) is 11.0. The van der Waals surface area contributed by atoms with Crippen LogP contribution in [0.4, 0.5) is 18.9 Å². The Morgan fingerprint density at radius 3 is 2.16 bits per heavy atom. The van der Waals surface area contributed by atoms with Crippen molar-refractivity contribution in [2.45, 2.75) is 18.0 Å². The van der Waals surface area contributed by atoms with E-state index in [-0.39, 0.29) is 35.1 Å². The fourth-order valence-corrected chi connectivity index (χ4v) is 4.57. The van der Waals surface area contributed by atoms with Crippen molar-refractivity contribution in [3.05, 3.63) is 59.7 Å². The number of carbonyl (C=O) groups is 2. The maximum atomic E-state index is 12.8. The molecule has 1 heterocycles. The number of rotatable bonds is 5. The van der Waals surface area contributed by atoms with Crippen molar-refractivity contribution >= 4 is 27.5 Å². The van der Waals surface area contributed by atoms with E-state index < -0.39 is 27.7 Å². The van der Waals surface area contributed by atoms with Gasteiger partial charge in [0.1, 0.15) is 0 Å². The number of piperazine rings is 1. The van der Waals surface area contributed by atoms with Crippen LogP contribution < -0.4 is 10.9 Å². The molecule has 2 N–H and O–H groups in total. The Bertz CT molecular complexity index is 1100. The molecule has 1 aliphatic rings. The smallest absolute Gasteiger partial charge is 0.340 e. The third kappa shape index (κ3) is 5.37. The average molecular weight is 470 g/mol. The minimum Gasteiger partial charge on any atom is -0.340 e. The van der Waals surface area contributed by atoms with Gasteiger partial charge in [0, 0.05) is 38.7 Å². The topological polar surface area (TPSA) is 98.8 Å². The van der Waals surface area contributed by atoms with Crippen molar-refractivity contribution in [2.24, 2.45) is 0 Å². The molecule has 172 valence electrons. The van der Waals surface area contributed by atoms with Crippen LogP contribution in [0.5, 0.6) is 0 Å². The van der Waals surface area contributed by atoms with Gasteiger partial charge in [-0.2, -0.15) is 17.5 Å². The summed E-state index contributed by atoms with van der Waals surface area (Å²) in [5, 5.41) is 0. The van der Waals surface area contributed by atoms with Gasteiger partial charge in [0.25, 0.3) is 5.91 Å². The molecule has 2 amide bonds. The van der Waals surface area contributed by atoms with E-state index in [1.54, 1.807) is 4.90 Å². The molecule has 0 radical (unpaired) electrons. The summed E-state index contributed by atoms with van der Waals surface area (Å²) in [4.78, 5) is 25.2. The zero-order valence-electron chi connectivity index (χ0n) is 17.0. The molecule has 32 heavy (non-hydrogen) atoms. The molecular weight excluding hydrogens is 449 g/mol. The number of nitrogens with one attached hydrogen (secondary N) is 2. The predicted molar refractivity (Wildman–Crippen MR) is 110 cm³/mol. The summed E-state index contributed by atoms with van der Waals surface area (Å²) in [5.74, 6) is -0.766.